The molecule has 0 aromatic heterocycles. The van der Waals surface area contributed by atoms with E-state index in [1.54, 1.807) is 11.9 Å². The van der Waals surface area contributed by atoms with E-state index in [0.717, 1.165) is 21.9 Å². The van der Waals surface area contributed by atoms with Crippen LogP contribution in [-0.4, -0.2) is 54.6 Å². The Balaban J connectivity index is 1.52. The fourth-order valence-corrected chi connectivity index (χ4v) is 5.41. The quantitative estimate of drug-likeness (QED) is 0.385. The first-order valence-electron chi connectivity index (χ1n) is 14.2. The topological polar surface area (TPSA) is 87.7 Å². The molecule has 4 rings (SSSR count). The number of benzene rings is 3. The standard InChI is InChI=1S/C33H41N3O4/c1-5-32(2,3)40-31(39)35-28(22-25-15-16-26-13-9-10-14-27(26)21-25)29(37)36-19-17-33(18-20-36,30(38)34-4)23-24-11-7-6-8-12-24/h6-16,21,28H,5,17-20,22-23H2,1-4H3,(H,34,38)(H,35,39)/t28-/m1/s1. The van der Waals surface area contributed by atoms with Gasteiger partial charge in [-0.25, -0.2) is 4.79 Å². The Morgan fingerprint density at radius 2 is 1.57 bits per heavy atom. The zero-order chi connectivity index (χ0) is 28.8. The van der Waals surface area contributed by atoms with Crippen molar-refractivity contribution in [1.29, 1.82) is 0 Å². The Morgan fingerprint density at radius 3 is 2.23 bits per heavy atom. The summed E-state index contributed by atoms with van der Waals surface area (Å²) in [5, 5.41) is 7.91. The van der Waals surface area contributed by atoms with Crippen molar-refractivity contribution >= 4 is 28.7 Å². The van der Waals surface area contributed by atoms with Gasteiger partial charge in [0, 0.05) is 26.6 Å². The number of carbonyl (C=O) groups is 3. The number of piperidine rings is 1. The van der Waals surface area contributed by atoms with E-state index in [1.807, 2.05) is 87.5 Å². The maximum Gasteiger partial charge on any atom is 0.408 e. The van der Waals surface area contributed by atoms with Gasteiger partial charge in [0.25, 0.3) is 0 Å². The minimum Gasteiger partial charge on any atom is -0.444 e. The molecule has 0 bridgehead atoms. The van der Waals surface area contributed by atoms with Crippen LogP contribution in [0.3, 0.4) is 0 Å². The van der Waals surface area contributed by atoms with Crippen LogP contribution in [0.15, 0.2) is 72.8 Å². The molecule has 2 N–H and O–H groups in total. The van der Waals surface area contributed by atoms with E-state index < -0.39 is 23.2 Å². The first-order valence-corrected chi connectivity index (χ1v) is 14.2. The van der Waals surface area contributed by atoms with Crippen LogP contribution in [0, 0.1) is 5.41 Å². The molecule has 7 heteroatoms. The summed E-state index contributed by atoms with van der Waals surface area (Å²) in [7, 11) is 1.67. The van der Waals surface area contributed by atoms with Gasteiger partial charge in [-0.1, -0.05) is 79.7 Å². The molecule has 0 unspecified atom stereocenters. The number of nitrogens with zero attached hydrogens (tertiary/aromatic N) is 1. The second-order valence-electron chi connectivity index (χ2n) is 11.4. The minimum atomic E-state index is -0.789. The van der Waals surface area contributed by atoms with Crippen LogP contribution in [0.1, 0.15) is 51.2 Å². The van der Waals surface area contributed by atoms with Crippen molar-refractivity contribution in [1.82, 2.24) is 15.5 Å². The van der Waals surface area contributed by atoms with Gasteiger partial charge in [-0.15, -0.1) is 0 Å². The third-order valence-corrected chi connectivity index (χ3v) is 8.19. The second-order valence-corrected chi connectivity index (χ2v) is 11.4. The molecular weight excluding hydrogens is 502 g/mol. The normalized spacial score (nSPS) is 15.8. The molecule has 1 atom stereocenters. The molecular formula is C33H41N3O4. The molecule has 212 valence electrons. The lowest BCUT2D eigenvalue weighted by Gasteiger charge is -2.41. The highest BCUT2D eigenvalue weighted by Gasteiger charge is 2.43. The molecule has 0 radical (unpaired) electrons. The minimum absolute atomic E-state index is 0.000310. The number of alkyl carbamates (subject to hydrolysis) is 1. The number of carbonyl (C=O) groups excluding carboxylic acids is 3. The van der Waals surface area contributed by atoms with E-state index in [1.165, 1.54) is 0 Å². The second kappa shape index (κ2) is 12.5. The highest BCUT2D eigenvalue weighted by Crippen LogP contribution is 2.36. The van der Waals surface area contributed by atoms with Crippen molar-refractivity contribution in [2.45, 2.75) is 64.5 Å². The number of hydrogen-bond donors (Lipinski definition) is 2. The summed E-state index contributed by atoms with van der Waals surface area (Å²) < 4.78 is 5.63. The Kier molecular flexibility index (Phi) is 9.13. The fraction of sp³-hybridized carbons (Fsp3) is 0.424. The van der Waals surface area contributed by atoms with Crippen molar-refractivity contribution in [3.63, 3.8) is 0 Å². The van der Waals surface area contributed by atoms with Crippen molar-refractivity contribution < 1.29 is 19.1 Å². The predicted octanol–water partition coefficient (Wildman–Crippen LogP) is 5.26. The monoisotopic (exact) mass is 543 g/mol. The SMILES string of the molecule is CCC(C)(C)OC(=O)N[C@H](Cc1ccc2ccccc2c1)C(=O)N1CCC(Cc2ccccc2)(C(=O)NC)CC1. The van der Waals surface area contributed by atoms with E-state index in [9.17, 15) is 14.4 Å². The molecule has 0 aliphatic carbocycles. The van der Waals surface area contributed by atoms with Crippen LogP contribution in [0.5, 0.6) is 0 Å². The van der Waals surface area contributed by atoms with Gasteiger partial charge < -0.3 is 20.3 Å². The van der Waals surface area contributed by atoms with Crippen molar-refractivity contribution in [3.05, 3.63) is 83.9 Å². The molecule has 1 fully saturated rings. The Labute approximate surface area is 237 Å². The summed E-state index contributed by atoms with van der Waals surface area (Å²) >= 11 is 0. The Morgan fingerprint density at radius 1 is 0.925 bits per heavy atom. The van der Waals surface area contributed by atoms with Crippen LogP contribution in [-0.2, 0) is 27.2 Å². The summed E-state index contributed by atoms with van der Waals surface area (Å²) in [5.74, 6) is -0.163. The van der Waals surface area contributed by atoms with Gasteiger partial charge in [-0.3, -0.25) is 9.59 Å². The molecule has 0 spiro atoms. The lowest BCUT2D eigenvalue weighted by atomic mass is 9.73. The highest BCUT2D eigenvalue weighted by atomic mass is 16.6. The summed E-state index contributed by atoms with van der Waals surface area (Å²) in [6.45, 7) is 6.52. The third-order valence-electron chi connectivity index (χ3n) is 8.19. The van der Waals surface area contributed by atoms with E-state index in [2.05, 4.69) is 16.7 Å². The summed E-state index contributed by atoms with van der Waals surface area (Å²) in [5.41, 5.74) is 0.824. The van der Waals surface area contributed by atoms with Crippen LogP contribution < -0.4 is 10.6 Å². The fourth-order valence-electron chi connectivity index (χ4n) is 5.41. The van der Waals surface area contributed by atoms with Gasteiger partial charge in [0.2, 0.25) is 11.8 Å². The van der Waals surface area contributed by atoms with E-state index in [-0.39, 0.29) is 11.8 Å². The average molecular weight is 544 g/mol. The molecule has 1 aliphatic rings. The van der Waals surface area contributed by atoms with Crippen molar-refractivity contribution in [2.75, 3.05) is 20.1 Å². The van der Waals surface area contributed by atoms with E-state index in [0.29, 0.717) is 45.2 Å². The Hall–Kier alpha value is -3.87. The number of amides is 3. The molecule has 3 aromatic rings. The summed E-state index contributed by atoms with van der Waals surface area (Å²) in [4.78, 5) is 41.6. The number of likely N-dealkylation sites (tertiary alicyclic amines) is 1. The van der Waals surface area contributed by atoms with Crippen molar-refractivity contribution in [2.24, 2.45) is 5.41 Å². The number of ether oxygens (including phenoxy) is 1. The highest BCUT2D eigenvalue weighted by molar-refractivity contribution is 5.88. The summed E-state index contributed by atoms with van der Waals surface area (Å²) in [6, 6.07) is 23.4. The number of hydrogen-bond acceptors (Lipinski definition) is 4. The van der Waals surface area contributed by atoms with Crippen LogP contribution >= 0.6 is 0 Å². The molecule has 0 saturated carbocycles. The molecule has 3 aromatic carbocycles. The third kappa shape index (κ3) is 7.00. The first-order chi connectivity index (χ1) is 19.1. The first kappa shape index (κ1) is 29.1. The molecule has 40 heavy (non-hydrogen) atoms. The molecule has 1 aliphatic heterocycles. The van der Waals surface area contributed by atoms with Crippen molar-refractivity contribution in [3.8, 4) is 0 Å². The Bertz CT molecular complexity index is 1330. The number of nitrogens with one attached hydrogen (secondary N) is 2. The van der Waals surface area contributed by atoms with Gasteiger partial charge in [0.05, 0.1) is 5.41 Å². The smallest absolute Gasteiger partial charge is 0.408 e. The van der Waals surface area contributed by atoms with E-state index in [4.69, 9.17) is 4.74 Å². The average Bonchev–Trinajstić information content (AvgIpc) is 2.96. The largest absolute Gasteiger partial charge is 0.444 e. The van der Waals surface area contributed by atoms with Gasteiger partial charge in [-0.2, -0.15) is 0 Å². The zero-order valence-corrected chi connectivity index (χ0v) is 24.0. The number of rotatable bonds is 9. The summed E-state index contributed by atoms with van der Waals surface area (Å²) in [6.07, 6.45) is 2.09. The molecule has 7 nitrogen and oxygen atoms in total. The maximum atomic E-state index is 13.9. The molecule has 3 amide bonds. The lowest BCUT2D eigenvalue weighted by molar-refractivity contribution is -0.141. The maximum absolute atomic E-state index is 13.9. The van der Waals surface area contributed by atoms with Gasteiger partial charge in [0.1, 0.15) is 11.6 Å². The zero-order valence-electron chi connectivity index (χ0n) is 24.0. The molecule has 1 saturated heterocycles. The van der Waals surface area contributed by atoms with Crippen LogP contribution in [0.25, 0.3) is 10.8 Å². The van der Waals surface area contributed by atoms with Crippen LogP contribution in [0.2, 0.25) is 0 Å². The van der Waals surface area contributed by atoms with Gasteiger partial charge >= 0.3 is 6.09 Å². The van der Waals surface area contributed by atoms with E-state index >= 15 is 0 Å². The predicted molar refractivity (Wildman–Crippen MR) is 158 cm³/mol. The number of fused-ring (bicyclic) bond motifs is 1. The van der Waals surface area contributed by atoms with Gasteiger partial charge in [-0.05, 0) is 61.4 Å². The molecule has 1 heterocycles. The van der Waals surface area contributed by atoms with Crippen LogP contribution in [0.4, 0.5) is 4.79 Å². The van der Waals surface area contributed by atoms with Gasteiger partial charge in [0.15, 0.2) is 0 Å². The lowest BCUT2D eigenvalue weighted by Crippen LogP contribution is -2.56.